The highest BCUT2D eigenvalue weighted by atomic mass is 127. The standard InChI is InChI=1S/C20H31ClN4O.HI/c1-3-17(25-15-7-10-19(25)26)12-14-24-20(22-4-2)23-13-11-16-8-5-6-9-18(16)21;/h5-6,8-9,17H,3-4,7,10-15H2,1-2H3,(H2,22,23,24);1H. The highest BCUT2D eigenvalue weighted by Crippen LogP contribution is 2.18. The van der Waals surface area contributed by atoms with Crippen molar-refractivity contribution in [3.05, 3.63) is 34.9 Å². The summed E-state index contributed by atoms with van der Waals surface area (Å²) in [6.45, 7) is 7.41. The molecule has 1 aromatic carbocycles. The number of hydrogen-bond donors (Lipinski definition) is 2. The third kappa shape index (κ3) is 7.86. The summed E-state index contributed by atoms with van der Waals surface area (Å²) in [5, 5.41) is 7.45. The molecular weight excluding hydrogens is 475 g/mol. The van der Waals surface area contributed by atoms with E-state index in [1.54, 1.807) is 0 Å². The molecule has 0 bridgehead atoms. The Morgan fingerprint density at radius 1 is 1.30 bits per heavy atom. The van der Waals surface area contributed by atoms with Crippen LogP contribution in [0.5, 0.6) is 0 Å². The van der Waals surface area contributed by atoms with E-state index in [2.05, 4.69) is 29.5 Å². The number of amides is 1. The predicted octanol–water partition coefficient (Wildman–Crippen LogP) is 3.85. The third-order valence-electron chi connectivity index (χ3n) is 4.74. The van der Waals surface area contributed by atoms with Crippen LogP contribution in [0.4, 0.5) is 0 Å². The number of guanidine groups is 1. The van der Waals surface area contributed by atoms with Crippen LogP contribution in [-0.4, -0.2) is 49.0 Å². The van der Waals surface area contributed by atoms with Crippen molar-refractivity contribution in [1.29, 1.82) is 0 Å². The molecule has 1 aliphatic rings. The van der Waals surface area contributed by atoms with Crippen molar-refractivity contribution in [3.63, 3.8) is 0 Å². The van der Waals surface area contributed by atoms with Gasteiger partial charge in [0.15, 0.2) is 5.96 Å². The summed E-state index contributed by atoms with van der Waals surface area (Å²) in [6.07, 6.45) is 4.43. The molecule has 0 aliphatic carbocycles. The zero-order valence-electron chi connectivity index (χ0n) is 16.3. The van der Waals surface area contributed by atoms with Crippen LogP contribution in [0.15, 0.2) is 29.3 Å². The van der Waals surface area contributed by atoms with Crippen LogP contribution in [0.3, 0.4) is 0 Å². The zero-order valence-corrected chi connectivity index (χ0v) is 19.4. The van der Waals surface area contributed by atoms with Crippen molar-refractivity contribution in [2.75, 3.05) is 26.2 Å². The maximum absolute atomic E-state index is 11.9. The Bertz CT molecular complexity index is 611. The molecule has 2 N–H and O–H groups in total. The van der Waals surface area contributed by atoms with Gasteiger partial charge < -0.3 is 15.5 Å². The van der Waals surface area contributed by atoms with E-state index >= 15 is 0 Å². The second-order valence-electron chi connectivity index (χ2n) is 6.57. The molecule has 5 nitrogen and oxygen atoms in total. The Hall–Kier alpha value is -1.02. The minimum atomic E-state index is 0. The maximum atomic E-state index is 11.9. The molecule has 0 aromatic heterocycles. The lowest BCUT2D eigenvalue weighted by Gasteiger charge is -2.26. The molecule has 0 radical (unpaired) electrons. The van der Waals surface area contributed by atoms with Gasteiger partial charge in [-0.15, -0.1) is 24.0 Å². The molecule has 7 heteroatoms. The Morgan fingerprint density at radius 3 is 2.70 bits per heavy atom. The fourth-order valence-corrected chi connectivity index (χ4v) is 3.55. The third-order valence-corrected chi connectivity index (χ3v) is 5.11. The van der Waals surface area contributed by atoms with Crippen LogP contribution >= 0.6 is 35.6 Å². The molecule has 0 spiro atoms. The Morgan fingerprint density at radius 2 is 2.07 bits per heavy atom. The van der Waals surface area contributed by atoms with E-state index in [9.17, 15) is 4.79 Å². The lowest BCUT2D eigenvalue weighted by molar-refractivity contribution is -0.129. The lowest BCUT2D eigenvalue weighted by Crippen LogP contribution is -2.39. The van der Waals surface area contributed by atoms with Gasteiger partial charge in [0.1, 0.15) is 0 Å². The van der Waals surface area contributed by atoms with Crippen LogP contribution in [0, 0.1) is 0 Å². The second kappa shape index (κ2) is 13.2. The minimum Gasteiger partial charge on any atom is -0.357 e. The maximum Gasteiger partial charge on any atom is 0.222 e. The van der Waals surface area contributed by atoms with Crippen molar-refractivity contribution < 1.29 is 4.79 Å². The fourth-order valence-electron chi connectivity index (χ4n) is 3.32. The molecule has 152 valence electrons. The van der Waals surface area contributed by atoms with Gasteiger partial charge in [0.05, 0.1) is 0 Å². The minimum absolute atomic E-state index is 0. The molecule has 1 heterocycles. The van der Waals surface area contributed by atoms with E-state index in [1.807, 2.05) is 29.2 Å². The van der Waals surface area contributed by atoms with E-state index in [4.69, 9.17) is 11.6 Å². The van der Waals surface area contributed by atoms with Gasteiger partial charge in [0, 0.05) is 43.7 Å². The molecule has 1 aromatic rings. The van der Waals surface area contributed by atoms with Gasteiger partial charge in [0.25, 0.3) is 0 Å². The highest BCUT2D eigenvalue weighted by Gasteiger charge is 2.26. The van der Waals surface area contributed by atoms with Gasteiger partial charge in [-0.25, -0.2) is 0 Å². The number of rotatable bonds is 9. The van der Waals surface area contributed by atoms with Gasteiger partial charge in [-0.2, -0.15) is 0 Å². The molecule has 1 fully saturated rings. The molecule has 27 heavy (non-hydrogen) atoms. The molecule has 0 saturated carbocycles. The average molecular weight is 507 g/mol. The number of nitrogens with one attached hydrogen (secondary N) is 2. The van der Waals surface area contributed by atoms with E-state index in [0.29, 0.717) is 24.9 Å². The average Bonchev–Trinajstić information content (AvgIpc) is 3.06. The van der Waals surface area contributed by atoms with Crippen molar-refractivity contribution >= 4 is 47.4 Å². The normalized spacial score (nSPS) is 15.4. The van der Waals surface area contributed by atoms with Crippen LogP contribution < -0.4 is 10.6 Å². The first-order valence-corrected chi connectivity index (χ1v) is 10.1. The number of likely N-dealkylation sites (tertiary alicyclic amines) is 1. The number of carbonyl (C=O) groups excluding carboxylic acids is 1. The Kier molecular flexibility index (Phi) is 11.7. The molecule has 1 aliphatic heterocycles. The summed E-state index contributed by atoms with van der Waals surface area (Å²) in [5.41, 5.74) is 1.14. The summed E-state index contributed by atoms with van der Waals surface area (Å²) < 4.78 is 0. The van der Waals surface area contributed by atoms with E-state index in [0.717, 1.165) is 61.9 Å². The van der Waals surface area contributed by atoms with Gasteiger partial charge in [-0.1, -0.05) is 36.7 Å². The SMILES string of the molecule is CCNC(=NCCC(CC)N1CCCC1=O)NCCc1ccccc1Cl.I. The van der Waals surface area contributed by atoms with Crippen molar-refractivity contribution in [3.8, 4) is 0 Å². The largest absolute Gasteiger partial charge is 0.357 e. The summed E-state index contributed by atoms with van der Waals surface area (Å²) in [6, 6.07) is 8.22. The van der Waals surface area contributed by atoms with E-state index in [-0.39, 0.29) is 24.0 Å². The Balaban J connectivity index is 0.00000364. The molecule has 1 saturated heterocycles. The van der Waals surface area contributed by atoms with Gasteiger partial charge in [0.2, 0.25) is 5.91 Å². The fraction of sp³-hybridized carbons (Fsp3) is 0.600. The summed E-state index contributed by atoms with van der Waals surface area (Å²) in [4.78, 5) is 18.6. The second-order valence-corrected chi connectivity index (χ2v) is 6.98. The zero-order chi connectivity index (χ0) is 18.8. The predicted molar refractivity (Wildman–Crippen MR) is 124 cm³/mol. The molecular formula is C20H32ClIN4O. The van der Waals surface area contributed by atoms with E-state index in [1.165, 1.54) is 0 Å². The first-order chi connectivity index (χ1) is 12.7. The molecule has 1 atom stereocenters. The number of hydrogen-bond acceptors (Lipinski definition) is 2. The number of carbonyl (C=O) groups is 1. The molecule has 1 amide bonds. The van der Waals surface area contributed by atoms with Crippen molar-refractivity contribution in [2.24, 2.45) is 4.99 Å². The van der Waals surface area contributed by atoms with Crippen LogP contribution in [0.1, 0.15) is 45.1 Å². The van der Waals surface area contributed by atoms with Crippen LogP contribution in [0.25, 0.3) is 0 Å². The summed E-state index contributed by atoms with van der Waals surface area (Å²) >= 11 is 6.20. The quantitative estimate of drug-likeness (QED) is 0.304. The van der Waals surface area contributed by atoms with Crippen molar-refractivity contribution in [2.45, 2.75) is 52.0 Å². The van der Waals surface area contributed by atoms with Crippen LogP contribution in [0.2, 0.25) is 5.02 Å². The number of halogens is 2. The van der Waals surface area contributed by atoms with Gasteiger partial charge in [-0.3, -0.25) is 9.79 Å². The number of benzene rings is 1. The summed E-state index contributed by atoms with van der Waals surface area (Å²) in [7, 11) is 0. The number of nitrogens with zero attached hydrogens (tertiary/aromatic N) is 2. The Labute approximate surface area is 185 Å². The van der Waals surface area contributed by atoms with Crippen molar-refractivity contribution in [1.82, 2.24) is 15.5 Å². The number of aliphatic imine (C=N–C) groups is 1. The van der Waals surface area contributed by atoms with Gasteiger partial charge in [-0.05, 0) is 44.2 Å². The lowest BCUT2D eigenvalue weighted by atomic mass is 10.1. The monoisotopic (exact) mass is 506 g/mol. The first-order valence-electron chi connectivity index (χ1n) is 9.70. The summed E-state index contributed by atoms with van der Waals surface area (Å²) in [5.74, 6) is 1.12. The first kappa shape index (κ1) is 24.0. The molecule has 1 unspecified atom stereocenters. The smallest absolute Gasteiger partial charge is 0.222 e. The van der Waals surface area contributed by atoms with Crippen LogP contribution in [-0.2, 0) is 11.2 Å². The molecule has 2 rings (SSSR count). The topological polar surface area (TPSA) is 56.7 Å². The van der Waals surface area contributed by atoms with E-state index < -0.39 is 0 Å². The van der Waals surface area contributed by atoms with Gasteiger partial charge >= 0.3 is 0 Å². The highest BCUT2D eigenvalue weighted by molar-refractivity contribution is 14.0.